The van der Waals surface area contributed by atoms with Crippen molar-refractivity contribution in [2.75, 3.05) is 13.2 Å². The Labute approximate surface area is 121 Å². The first kappa shape index (κ1) is 30.0. The van der Waals surface area contributed by atoms with Crippen LogP contribution in [0.4, 0.5) is 0 Å². The Morgan fingerprint density at radius 3 is 1.00 bits per heavy atom. The quantitative estimate of drug-likeness (QED) is 0.774. The zero-order chi connectivity index (χ0) is 13.7. The van der Waals surface area contributed by atoms with Gasteiger partial charge in [-0.15, -0.1) is 0 Å². The molecule has 4 nitrogen and oxygen atoms in total. The molecule has 0 fully saturated rings. The van der Waals surface area contributed by atoms with Gasteiger partial charge in [-0.25, -0.2) is 0 Å². The van der Waals surface area contributed by atoms with Gasteiger partial charge in [-0.3, -0.25) is 0 Å². The van der Waals surface area contributed by atoms with E-state index in [2.05, 4.69) is 13.8 Å². The van der Waals surface area contributed by atoms with E-state index in [1.165, 1.54) is 13.8 Å². The minimum absolute atomic E-state index is 0. The predicted molar refractivity (Wildman–Crippen MR) is 66.6 cm³/mol. The van der Waals surface area contributed by atoms with E-state index in [0.717, 1.165) is 25.7 Å². The number of aliphatic hydroxyl groups excluding tert-OH is 2. The van der Waals surface area contributed by atoms with Crippen LogP contribution in [0.3, 0.4) is 0 Å². The molecule has 0 bridgehead atoms. The van der Waals surface area contributed by atoms with Crippen molar-refractivity contribution in [3.63, 3.8) is 0 Å². The Morgan fingerprint density at radius 2 is 1.00 bits per heavy atom. The Bertz CT molecular complexity index is 132. The third-order valence-electron chi connectivity index (χ3n) is 1.02. The van der Waals surface area contributed by atoms with Crippen molar-refractivity contribution in [3.8, 4) is 12.1 Å². The molecule has 0 heterocycles. The Kier molecular flexibility index (Phi) is 102. The average Bonchev–Trinajstić information content (AvgIpc) is 2.23. The van der Waals surface area contributed by atoms with Gasteiger partial charge >= 0.3 is 0 Å². The Hall–Kier alpha value is -0.386. The third kappa shape index (κ3) is 222. The molecule has 17 heavy (non-hydrogen) atoms. The summed E-state index contributed by atoms with van der Waals surface area (Å²) >= 11 is 0. The largest absolute Gasteiger partial charge is 0.396 e. The SMILES string of the molecule is CC#N.CC#N.CCCCO.CCCCO.[Ti]. The van der Waals surface area contributed by atoms with E-state index in [-0.39, 0.29) is 21.7 Å². The molecule has 0 saturated heterocycles. The van der Waals surface area contributed by atoms with Crippen LogP contribution in [0.25, 0.3) is 0 Å². The smallest absolute Gasteiger partial charge is 0.0587 e. The molecule has 0 aliphatic heterocycles. The van der Waals surface area contributed by atoms with Crippen molar-refractivity contribution in [2.45, 2.75) is 53.4 Å². The molecule has 0 aromatic heterocycles. The second-order valence-electron chi connectivity index (χ2n) is 2.60. The summed E-state index contributed by atoms with van der Waals surface area (Å²) in [5.41, 5.74) is 0. The second-order valence-corrected chi connectivity index (χ2v) is 2.60. The average molecular weight is 278 g/mol. The summed E-state index contributed by atoms with van der Waals surface area (Å²) in [6.45, 7) is 7.65. The van der Waals surface area contributed by atoms with E-state index in [0.29, 0.717) is 13.2 Å². The number of aliphatic hydroxyl groups is 2. The van der Waals surface area contributed by atoms with E-state index in [4.69, 9.17) is 20.7 Å². The fourth-order valence-corrected chi connectivity index (χ4v) is 0.316. The normalized spacial score (nSPS) is 5.88. The number of nitriles is 2. The zero-order valence-electron chi connectivity index (χ0n) is 11.5. The summed E-state index contributed by atoms with van der Waals surface area (Å²) in [7, 11) is 0. The van der Waals surface area contributed by atoms with Gasteiger partial charge in [0.1, 0.15) is 0 Å². The molecule has 100 valence electrons. The maximum absolute atomic E-state index is 8.07. The van der Waals surface area contributed by atoms with E-state index in [9.17, 15) is 0 Å². The van der Waals surface area contributed by atoms with Crippen molar-refractivity contribution in [1.82, 2.24) is 0 Å². The molecule has 0 spiro atoms. The van der Waals surface area contributed by atoms with Gasteiger partial charge in [0.05, 0.1) is 12.1 Å². The molecule has 0 rings (SSSR count). The minimum Gasteiger partial charge on any atom is -0.396 e. The molecule has 5 heteroatoms. The number of hydrogen-bond acceptors (Lipinski definition) is 4. The predicted octanol–water partition coefficient (Wildman–Crippen LogP) is 2.61. The fourth-order valence-electron chi connectivity index (χ4n) is 0.316. The molecule has 0 aromatic rings. The first-order valence-corrected chi connectivity index (χ1v) is 5.49. The van der Waals surface area contributed by atoms with Crippen molar-refractivity contribution in [3.05, 3.63) is 0 Å². The van der Waals surface area contributed by atoms with Crippen molar-refractivity contribution in [1.29, 1.82) is 10.5 Å². The van der Waals surface area contributed by atoms with Gasteiger partial charge in [0.15, 0.2) is 0 Å². The van der Waals surface area contributed by atoms with Crippen LogP contribution in [0.15, 0.2) is 0 Å². The summed E-state index contributed by atoms with van der Waals surface area (Å²) in [5.74, 6) is 0. The Balaban J connectivity index is -0.0000000381. The molecule has 0 aromatic carbocycles. The number of unbranched alkanes of at least 4 members (excludes halogenated alkanes) is 2. The van der Waals surface area contributed by atoms with E-state index in [1.807, 2.05) is 0 Å². The van der Waals surface area contributed by atoms with E-state index >= 15 is 0 Å². The van der Waals surface area contributed by atoms with Gasteiger partial charge in [-0.05, 0) is 12.8 Å². The summed E-state index contributed by atoms with van der Waals surface area (Å²) < 4.78 is 0. The standard InChI is InChI=1S/2C4H10O.2C2H3N.Ti/c2*1-2-3-4-5;2*1-2-3;/h2*5H,2-4H2,1H3;2*1H3;. The first-order valence-electron chi connectivity index (χ1n) is 5.49. The minimum atomic E-state index is 0. The summed E-state index contributed by atoms with van der Waals surface area (Å²) in [6, 6.07) is 3.50. The van der Waals surface area contributed by atoms with E-state index < -0.39 is 0 Å². The molecular weight excluding hydrogens is 252 g/mol. The third-order valence-corrected chi connectivity index (χ3v) is 1.02. The van der Waals surface area contributed by atoms with Crippen molar-refractivity contribution >= 4 is 0 Å². The van der Waals surface area contributed by atoms with Gasteiger partial charge in [0.2, 0.25) is 0 Å². The zero-order valence-corrected chi connectivity index (χ0v) is 13.1. The molecule has 0 saturated carbocycles. The Morgan fingerprint density at radius 1 is 0.824 bits per heavy atom. The fraction of sp³-hybridized carbons (Fsp3) is 0.833. The molecule has 0 radical (unpaired) electrons. The van der Waals surface area contributed by atoms with Gasteiger partial charge in [0.25, 0.3) is 0 Å². The molecule has 0 amide bonds. The van der Waals surface area contributed by atoms with Gasteiger partial charge in [0, 0.05) is 48.8 Å². The van der Waals surface area contributed by atoms with Crippen LogP contribution in [-0.2, 0) is 21.7 Å². The van der Waals surface area contributed by atoms with Crippen LogP contribution >= 0.6 is 0 Å². The number of hydrogen-bond donors (Lipinski definition) is 2. The maximum Gasteiger partial charge on any atom is 0.0587 e. The van der Waals surface area contributed by atoms with Gasteiger partial charge in [-0.2, -0.15) is 10.5 Å². The first-order chi connectivity index (χ1) is 7.66. The summed E-state index contributed by atoms with van der Waals surface area (Å²) in [4.78, 5) is 0. The van der Waals surface area contributed by atoms with Crippen LogP contribution < -0.4 is 0 Å². The van der Waals surface area contributed by atoms with Gasteiger partial charge < -0.3 is 10.2 Å². The van der Waals surface area contributed by atoms with E-state index in [1.54, 1.807) is 12.1 Å². The van der Waals surface area contributed by atoms with Crippen LogP contribution in [-0.4, -0.2) is 23.4 Å². The molecule has 2 N–H and O–H groups in total. The molecule has 0 unspecified atom stereocenters. The van der Waals surface area contributed by atoms with Crippen molar-refractivity contribution < 1.29 is 31.9 Å². The summed E-state index contributed by atoms with van der Waals surface area (Å²) in [5, 5.41) is 30.8. The number of nitrogens with zero attached hydrogens (tertiary/aromatic N) is 2. The topological polar surface area (TPSA) is 88.0 Å². The van der Waals surface area contributed by atoms with Crippen LogP contribution in [0, 0.1) is 22.7 Å². The van der Waals surface area contributed by atoms with Crippen LogP contribution in [0.5, 0.6) is 0 Å². The monoisotopic (exact) mass is 278 g/mol. The second kappa shape index (κ2) is 57.5. The molecule has 0 aliphatic rings. The molecule has 0 aliphatic carbocycles. The molecular formula is C12H26N2O2Ti. The van der Waals surface area contributed by atoms with Crippen LogP contribution in [0.1, 0.15) is 53.4 Å². The van der Waals surface area contributed by atoms with Crippen molar-refractivity contribution in [2.24, 2.45) is 0 Å². The van der Waals surface area contributed by atoms with Gasteiger partial charge in [-0.1, -0.05) is 26.7 Å². The molecule has 0 atom stereocenters. The summed E-state index contributed by atoms with van der Waals surface area (Å²) in [6.07, 6.45) is 4.08. The van der Waals surface area contributed by atoms with Crippen LogP contribution in [0.2, 0.25) is 0 Å². The maximum atomic E-state index is 8.07. The number of rotatable bonds is 4.